The van der Waals surface area contributed by atoms with E-state index in [4.69, 9.17) is 0 Å². The third-order valence-electron chi connectivity index (χ3n) is 14.9. The molecule has 0 radical (unpaired) electrons. The van der Waals surface area contributed by atoms with Crippen LogP contribution in [0.5, 0.6) is 0 Å². The molecule has 3 heteroatoms. The first kappa shape index (κ1) is 39.8. The molecule has 8 aromatic carbocycles. The molecule has 1 unspecified atom stereocenters. The zero-order valence-electron chi connectivity index (χ0n) is 38.0. The predicted molar refractivity (Wildman–Crippen MR) is 279 cm³/mol. The molecule has 65 heavy (non-hydrogen) atoms. The van der Waals surface area contributed by atoms with Crippen molar-refractivity contribution in [1.82, 2.24) is 4.57 Å². The Hall–Kier alpha value is -6.81. The summed E-state index contributed by atoms with van der Waals surface area (Å²) < 4.78 is 2.43. The van der Waals surface area contributed by atoms with Gasteiger partial charge >= 0.3 is 0 Å². The Bertz CT molecular complexity index is 3450. The van der Waals surface area contributed by atoms with Crippen molar-refractivity contribution in [2.75, 3.05) is 11.2 Å². The van der Waals surface area contributed by atoms with Gasteiger partial charge in [0.15, 0.2) is 0 Å². The third kappa shape index (κ3) is 6.09. The standard InChI is InChI=1S/C62H52N2S/c1-39-15-14-20-52-50-33-30-46(38-56(50)62(4,5)60(39)52)63(45-29-32-49-48-19-10-12-21-54(48)61(2,3)55(49)37-45)44-27-23-40(24-28-44)41-25-31-51-53-35-42(47-18-11-13-22-59(47)65-6)26-34-57(53)64(58(51)36-41)43-16-8-7-9-17-43/h7-14,16-39H,15H2,1-6H3. The van der Waals surface area contributed by atoms with Gasteiger partial charge in [0, 0.05) is 49.2 Å². The van der Waals surface area contributed by atoms with Gasteiger partial charge in [-0.1, -0.05) is 150 Å². The maximum absolute atomic E-state index is 2.49. The number of hydrogen-bond donors (Lipinski definition) is 0. The molecule has 0 amide bonds. The van der Waals surface area contributed by atoms with E-state index in [2.05, 4.69) is 238 Å². The number of nitrogens with zero attached hydrogens (tertiary/aromatic N) is 2. The SMILES string of the molecule is CSc1ccccc1-c1ccc2c(c1)c1ccc(-c3ccc(N(c4ccc5c(c4)C(C)(C)C4=C5C=CCC4C)c4ccc5c(c4)C(C)(C)c4ccccc4-5)cc3)cc1n2-c1ccccc1. The number of allylic oxidation sites excluding steroid dienone is 4. The van der Waals surface area contributed by atoms with Crippen molar-refractivity contribution in [2.24, 2.45) is 5.92 Å². The lowest BCUT2D eigenvalue weighted by molar-refractivity contribution is 0.530. The first-order chi connectivity index (χ1) is 31.6. The minimum absolute atomic E-state index is 0.0521. The summed E-state index contributed by atoms with van der Waals surface area (Å²) in [7, 11) is 0. The molecule has 0 N–H and O–H groups in total. The van der Waals surface area contributed by atoms with E-state index in [1.165, 1.54) is 99.3 Å². The van der Waals surface area contributed by atoms with Gasteiger partial charge in [-0.05, 0) is 158 Å². The normalized spacial score (nSPS) is 16.4. The Kier molecular flexibility index (Phi) is 9.10. The average Bonchev–Trinajstić information content (AvgIpc) is 3.88. The largest absolute Gasteiger partial charge is 0.310 e. The Morgan fingerprint density at radius 2 is 1.14 bits per heavy atom. The number of thioether (sulfide) groups is 1. The lowest BCUT2D eigenvalue weighted by Crippen LogP contribution is -2.23. The fourth-order valence-corrected chi connectivity index (χ4v) is 12.4. The van der Waals surface area contributed by atoms with Gasteiger partial charge in [0.1, 0.15) is 0 Å². The summed E-state index contributed by atoms with van der Waals surface area (Å²) in [4.78, 5) is 3.77. The molecule has 3 aliphatic carbocycles. The highest BCUT2D eigenvalue weighted by Crippen LogP contribution is 2.55. The monoisotopic (exact) mass is 856 g/mol. The van der Waals surface area contributed by atoms with Crippen LogP contribution >= 0.6 is 11.8 Å². The van der Waals surface area contributed by atoms with E-state index in [-0.39, 0.29) is 10.8 Å². The van der Waals surface area contributed by atoms with Crippen LogP contribution in [0.3, 0.4) is 0 Å². The van der Waals surface area contributed by atoms with Gasteiger partial charge in [0.25, 0.3) is 0 Å². The summed E-state index contributed by atoms with van der Waals surface area (Å²) in [6.07, 6.45) is 8.00. The van der Waals surface area contributed by atoms with Gasteiger partial charge in [-0.25, -0.2) is 0 Å². The number of anilines is 3. The molecule has 0 aliphatic heterocycles. The molecule has 12 rings (SSSR count). The van der Waals surface area contributed by atoms with Crippen LogP contribution in [0, 0.1) is 5.92 Å². The molecule has 0 saturated heterocycles. The summed E-state index contributed by atoms with van der Waals surface area (Å²) >= 11 is 1.80. The van der Waals surface area contributed by atoms with Crippen LogP contribution in [0.4, 0.5) is 17.1 Å². The van der Waals surface area contributed by atoms with Crippen molar-refractivity contribution < 1.29 is 0 Å². The van der Waals surface area contributed by atoms with Crippen LogP contribution in [0.15, 0.2) is 199 Å². The highest BCUT2D eigenvalue weighted by molar-refractivity contribution is 7.98. The van der Waals surface area contributed by atoms with Crippen LogP contribution in [0.2, 0.25) is 0 Å². The maximum Gasteiger partial charge on any atom is 0.0547 e. The lowest BCUT2D eigenvalue weighted by Gasteiger charge is -2.32. The number of benzene rings is 8. The fourth-order valence-electron chi connectivity index (χ4n) is 11.8. The third-order valence-corrected chi connectivity index (χ3v) is 15.7. The Morgan fingerprint density at radius 3 is 1.91 bits per heavy atom. The first-order valence-corrected chi connectivity index (χ1v) is 24.3. The molecule has 3 aliphatic rings. The summed E-state index contributed by atoms with van der Waals surface area (Å²) in [5, 5.41) is 2.51. The molecule has 0 saturated carbocycles. The smallest absolute Gasteiger partial charge is 0.0547 e. The Labute approximate surface area is 387 Å². The summed E-state index contributed by atoms with van der Waals surface area (Å²) in [6, 6.07) is 66.1. The van der Waals surface area contributed by atoms with Gasteiger partial charge in [0.2, 0.25) is 0 Å². The number of hydrogen-bond acceptors (Lipinski definition) is 2. The highest BCUT2D eigenvalue weighted by atomic mass is 32.2. The molecule has 0 spiro atoms. The molecule has 0 bridgehead atoms. The van der Waals surface area contributed by atoms with E-state index in [1.54, 1.807) is 17.3 Å². The van der Waals surface area contributed by atoms with E-state index in [1.807, 2.05) is 0 Å². The van der Waals surface area contributed by atoms with Crippen molar-refractivity contribution in [3.05, 3.63) is 216 Å². The van der Waals surface area contributed by atoms with Crippen LogP contribution in [0.25, 0.3) is 66.4 Å². The second-order valence-corrected chi connectivity index (χ2v) is 20.2. The number of aromatic nitrogens is 1. The van der Waals surface area contributed by atoms with Crippen LogP contribution in [0.1, 0.15) is 63.3 Å². The fraction of sp³-hybridized carbons (Fsp3) is 0.161. The van der Waals surface area contributed by atoms with E-state index in [9.17, 15) is 0 Å². The van der Waals surface area contributed by atoms with Gasteiger partial charge in [-0.3, -0.25) is 0 Å². The summed E-state index contributed by atoms with van der Waals surface area (Å²) in [5.74, 6) is 0.526. The van der Waals surface area contributed by atoms with Crippen molar-refractivity contribution in [3.63, 3.8) is 0 Å². The quantitative estimate of drug-likeness (QED) is 0.148. The number of fused-ring (bicyclic) bond motifs is 8. The van der Waals surface area contributed by atoms with Gasteiger partial charge < -0.3 is 9.47 Å². The molecular weight excluding hydrogens is 805 g/mol. The Morgan fingerprint density at radius 1 is 0.508 bits per heavy atom. The number of rotatable bonds is 7. The van der Waals surface area contributed by atoms with Crippen molar-refractivity contribution in [2.45, 2.75) is 56.8 Å². The Balaban J connectivity index is 0.984. The molecule has 316 valence electrons. The summed E-state index contributed by atoms with van der Waals surface area (Å²) in [5.41, 5.74) is 23.0. The molecule has 0 fully saturated rings. The van der Waals surface area contributed by atoms with E-state index < -0.39 is 0 Å². The molecule has 1 heterocycles. The van der Waals surface area contributed by atoms with Crippen molar-refractivity contribution in [3.8, 4) is 39.1 Å². The molecule has 9 aromatic rings. The maximum atomic E-state index is 2.49. The predicted octanol–water partition coefficient (Wildman–Crippen LogP) is 17.3. The van der Waals surface area contributed by atoms with Crippen LogP contribution in [-0.4, -0.2) is 10.8 Å². The second kappa shape index (κ2) is 14.9. The van der Waals surface area contributed by atoms with Gasteiger partial charge in [-0.2, -0.15) is 0 Å². The van der Waals surface area contributed by atoms with Crippen LogP contribution in [-0.2, 0) is 10.8 Å². The minimum atomic E-state index is -0.107. The number of para-hydroxylation sites is 1. The average molecular weight is 857 g/mol. The zero-order valence-corrected chi connectivity index (χ0v) is 38.8. The van der Waals surface area contributed by atoms with Gasteiger partial charge in [0.05, 0.1) is 11.0 Å². The van der Waals surface area contributed by atoms with Crippen molar-refractivity contribution in [1.29, 1.82) is 0 Å². The van der Waals surface area contributed by atoms with Crippen molar-refractivity contribution >= 4 is 56.2 Å². The first-order valence-electron chi connectivity index (χ1n) is 23.1. The zero-order chi connectivity index (χ0) is 44.2. The second-order valence-electron chi connectivity index (χ2n) is 19.3. The molecule has 1 aromatic heterocycles. The molecular formula is C62H52N2S. The topological polar surface area (TPSA) is 8.17 Å². The summed E-state index contributed by atoms with van der Waals surface area (Å²) in [6.45, 7) is 12.0. The lowest BCUT2D eigenvalue weighted by atomic mass is 9.74. The van der Waals surface area contributed by atoms with Crippen LogP contribution < -0.4 is 4.90 Å². The highest BCUT2D eigenvalue weighted by Gasteiger charge is 2.41. The van der Waals surface area contributed by atoms with E-state index in [0.29, 0.717) is 5.92 Å². The van der Waals surface area contributed by atoms with E-state index >= 15 is 0 Å². The van der Waals surface area contributed by atoms with E-state index in [0.717, 1.165) is 17.8 Å². The van der Waals surface area contributed by atoms with Gasteiger partial charge in [-0.15, -0.1) is 11.8 Å². The molecule has 1 atom stereocenters. The molecule has 2 nitrogen and oxygen atoms in total. The minimum Gasteiger partial charge on any atom is -0.310 e.